The maximum Gasteiger partial charge on any atom is 0.223 e. The lowest BCUT2D eigenvalue weighted by molar-refractivity contribution is -0.132. The summed E-state index contributed by atoms with van der Waals surface area (Å²) in [5.74, 6) is 1.07. The summed E-state index contributed by atoms with van der Waals surface area (Å²) in [4.78, 5) is 14.9. The van der Waals surface area contributed by atoms with E-state index in [-0.39, 0.29) is 11.9 Å². The second kappa shape index (κ2) is 7.50. The maximum absolute atomic E-state index is 12.8. The Kier molecular flexibility index (Phi) is 4.93. The predicted octanol–water partition coefficient (Wildman–Crippen LogP) is 2.29. The Labute approximate surface area is 154 Å². The van der Waals surface area contributed by atoms with Crippen LogP contribution in [0.3, 0.4) is 0 Å². The first-order valence-corrected chi connectivity index (χ1v) is 9.44. The second-order valence-corrected chi connectivity index (χ2v) is 7.05. The number of rotatable bonds is 5. The number of benzene rings is 1. The average Bonchev–Trinajstić information content (AvgIpc) is 3.32. The quantitative estimate of drug-likeness (QED) is 0.895. The van der Waals surface area contributed by atoms with Gasteiger partial charge in [0.2, 0.25) is 5.91 Å². The average molecular weight is 354 g/mol. The van der Waals surface area contributed by atoms with Crippen molar-refractivity contribution in [1.29, 1.82) is 0 Å². The van der Waals surface area contributed by atoms with Crippen LogP contribution in [0.5, 0.6) is 5.75 Å². The lowest BCUT2D eigenvalue weighted by Crippen LogP contribution is -2.30. The van der Waals surface area contributed by atoms with E-state index in [0.717, 1.165) is 50.5 Å². The molecule has 1 fully saturated rings. The molecule has 138 valence electrons. The van der Waals surface area contributed by atoms with Crippen LogP contribution < -0.4 is 10.1 Å². The van der Waals surface area contributed by atoms with Gasteiger partial charge in [0.15, 0.2) is 0 Å². The number of hydrogen-bond donors (Lipinski definition) is 1. The minimum absolute atomic E-state index is 0.164. The largest absolute Gasteiger partial charge is 0.497 e. The maximum atomic E-state index is 12.8. The fraction of sp³-hybridized carbons (Fsp3) is 0.500. The van der Waals surface area contributed by atoms with Crippen LogP contribution >= 0.6 is 0 Å². The normalized spacial score (nSPS) is 19.4. The number of likely N-dealkylation sites (tertiary alicyclic amines) is 1. The number of aromatic nitrogens is 2. The summed E-state index contributed by atoms with van der Waals surface area (Å²) < 4.78 is 7.40. The van der Waals surface area contributed by atoms with Gasteiger partial charge in [-0.15, -0.1) is 0 Å². The SMILES string of the molecule is COc1cccc([C@@H]2CCCN2C(=O)CCc2cc3n(n2)CCNC3)c1. The number of methoxy groups -OCH3 is 1. The van der Waals surface area contributed by atoms with Crippen molar-refractivity contribution in [2.24, 2.45) is 0 Å². The Balaban J connectivity index is 1.41. The Morgan fingerprint density at radius 3 is 3.12 bits per heavy atom. The van der Waals surface area contributed by atoms with Crippen LogP contribution in [0.4, 0.5) is 0 Å². The molecule has 6 nitrogen and oxygen atoms in total. The third-order valence-corrected chi connectivity index (χ3v) is 5.37. The summed E-state index contributed by atoms with van der Waals surface area (Å²) in [5.41, 5.74) is 3.40. The van der Waals surface area contributed by atoms with Crippen molar-refractivity contribution >= 4 is 5.91 Å². The predicted molar refractivity (Wildman–Crippen MR) is 98.9 cm³/mol. The van der Waals surface area contributed by atoms with Gasteiger partial charge in [-0.25, -0.2) is 0 Å². The molecule has 2 aliphatic heterocycles. The van der Waals surface area contributed by atoms with Crippen LogP contribution in [0.25, 0.3) is 0 Å². The summed E-state index contributed by atoms with van der Waals surface area (Å²) in [7, 11) is 1.68. The summed E-state index contributed by atoms with van der Waals surface area (Å²) in [6.45, 7) is 3.58. The van der Waals surface area contributed by atoms with Crippen molar-refractivity contribution in [3.63, 3.8) is 0 Å². The van der Waals surface area contributed by atoms with Gasteiger partial charge in [0, 0.05) is 32.5 Å². The first-order chi connectivity index (χ1) is 12.7. The fourth-order valence-electron chi connectivity index (χ4n) is 4.01. The van der Waals surface area contributed by atoms with Gasteiger partial charge in [-0.3, -0.25) is 9.48 Å². The topological polar surface area (TPSA) is 59.4 Å². The van der Waals surface area contributed by atoms with Crippen molar-refractivity contribution in [3.05, 3.63) is 47.3 Å². The third-order valence-electron chi connectivity index (χ3n) is 5.37. The number of fused-ring (bicyclic) bond motifs is 1. The molecule has 1 aromatic heterocycles. The summed E-state index contributed by atoms with van der Waals surface area (Å²) in [6, 6.07) is 10.4. The van der Waals surface area contributed by atoms with Gasteiger partial charge in [0.05, 0.1) is 31.1 Å². The van der Waals surface area contributed by atoms with E-state index in [9.17, 15) is 4.79 Å². The first-order valence-electron chi connectivity index (χ1n) is 9.44. The molecule has 4 rings (SSSR count). The Hall–Kier alpha value is -2.34. The van der Waals surface area contributed by atoms with Crippen LogP contribution in [0.2, 0.25) is 0 Å². The van der Waals surface area contributed by atoms with Crippen molar-refractivity contribution < 1.29 is 9.53 Å². The van der Waals surface area contributed by atoms with Crippen molar-refractivity contribution in [2.45, 2.75) is 44.8 Å². The van der Waals surface area contributed by atoms with E-state index in [1.54, 1.807) is 7.11 Å². The summed E-state index contributed by atoms with van der Waals surface area (Å²) in [6.07, 6.45) is 3.30. The molecule has 2 aliphatic rings. The molecule has 0 unspecified atom stereocenters. The highest BCUT2D eigenvalue weighted by Crippen LogP contribution is 2.34. The van der Waals surface area contributed by atoms with Gasteiger partial charge in [-0.05, 0) is 36.6 Å². The minimum atomic E-state index is 0.164. The van der Waals surface area contributed by atoms with Gasteiger partial charge in [0.25, 0.3) is 0 Å². The first kappa shape index (κ1) is 17.1. The van der Waals surface area contributed by atoms with E-state index >= 15 is 0 Å². The standard InChI is InChI=1S/C20H26N4O2/c1-26-18-5-2-4-15(12-18)19-6-3-10-23(19)20(25)8-7-16-13-17-14-21-9-11-24(17)22-16/h2,4-5,12-13,19,21H,3,6-11,14H2,1H3/t19-/m0/s1. The molecule has 1 aromatic carbocycles. The number of hydrogen-bond acceptors (Lipinski definition) is 4. The molecule has 1 saturated heterocycles. The molecular formula is C20H26N4O2. The molecule has 0 spiro atoms. The summed E-state index contributed by atoms with van der Waals surface area (Å²) >= 11 is 0. The molecule has 0 saturated carbocycles. The molecular weight excluding hydrogens is 328 g/mol. The number of aryl methyl sites for hydroxylation is 1. The summed E-state index contributed by atoms with van der Waals surface area (Å²) in [5, 5.41) is 7.99. The molecule has 1 atom stereocenters. The van der Waals surface area contributed by atoms with Gasteiger partial charge in [-0.2, -0.15) is 5.10 Å². The highest BCUT2D eigenvalue weighted by molar-refractivity contribution is 5.77. The van der Waals surface area contributed by atoms with E-state index in [1.807, 2.05) is 23.1 Å². The Morgan fingerprint density at radius 2 is 2.27 bits per heavy atom. The number of ether oxygens (including phenoxy) is 1. The van der Waals surface area contributed by atoms with Crippen molar-refractivity contribution in [1.82, 2.24) is 20.0 Å². The van der Waals surface area contributed by atoms with Gasteiger partial charge in [-0.1, -0.05) is 12.1 Å². The number of carbonyl (C=O) groups excluding carboxylic acids is 1. The van der Waals surface area contributed by atoms with Crippen molar-refractivity contribution in [2.75, 3.05) is 20.2 Å². The third kappa shape index (κ3) is 3.46. The molecule has 6 heteroatoms. The minimum Gasteiger partial charge on any atom is -0.497 e. The molecule has 0 bridgehead atoms. The lowest BCUT2D eigenvalue weighted by Gasteiger charge is -2.25. The number of nitrogens with one attached hydrogen (secondary N) is 1. The zero-order valence-electron chi connectivity index (χ0n) is 15.3. The van der Waals surface area contributed by atoms with Gasteiger partial charge in [0.1, 0.15) is 5.75 Å². The van der Waals surface area contributed by atoms with E-state index in [1.165, 1.54) is 11.3 Å². The van der Waals surface area contributed by atoms with E-state index in [2.05, 4.69) is 27.2 Å². The fourth-order valence-corrected chi connectivity index (χ4v) is 4.01. The molecule has 3 heterocycles. The molecule has 1 N–H and O–H groups in total. The second-order valence-electron chi connectivity index (χ2n) is 7.05. The molecule has 26 heavy (non-hydrogen) atoms. The Morgan fingerprint density at radius 1 is 1.35 bits per heavy atom. The highest BCUT2D eigenvalue weighted by Gasteiger charge is 2.30. The van der Waals surface area contributed by atoms with E-state index in [0.29, 0.717) is 12.8 Å². The molecule has 2 aromatic rings. The van der Waals surface area contributed by atoms with Crippen LogP contribution in [0.1, 0.15) is 42.3 Å². The smallest absolute Gasteiger partial charge is 0.223 e. The zero-order chi connectivity index (χ0) is 17.9. The Bertz CT molecular complexity index is 762. The number of amides is 1. The van der Waals surface area contributed by atoms with Gasteiger partial charge < -0.3 is 15.0 Å². The highest BCUT2D eigenvalue weighted by atomic mass is 16.5. The molecule has 0 radical (unpaired) electrons. The lowest BCUT2D eigenvalue weighted by atomic mass is 10.0. The van der Waals surface area contributed by atoms with E-state index in [4.69, 9.17) is 4.74 Å². The van der Waals surface area contributed by atoms with Crippen molar-refractivity contribution in [3.8, 4) is 5.75 Å². The number of nitrogens with zero attached hydrogens (tertiary/aromatic N) is 3. The molecule has 1 amide bonds. The number of carbonyl (C=O) groups is 1. The van der Waals surface area contributed by atoms with Crippen LogP contribution in [-0.4, -0.2) is 40.8 Å². The van der Waals surface area contributed by atoms with E-state index < -0.39 is 0 Å². The van der Waals surface area contributed by atoms with Crippen LogP contribution in [-0.2, 0) is 24.3 Å². The van der Waals surface area contributed by atoms with Crippen LogP contribution in [0.15, 0.2) is 30.3 Å². The molecule has 0 aliphatic carbocycles. The van der Waals surface area contributed by atoms with Gasteiger partial charge >= 0.3 is 0 Å². The van der Waals surface area contributed by atoms with Crippen LogP contribution in [0, 0.1) is 0 Å². The monoisotopic (exact) mass is 354 g/mol. The zero-order valence-corrected chi connectivity index (χ0v) is 15.3.